The lowest BCUT2D eigenvalue weighted by atomic mass is 10.1. The molecule has 0 radical (unpaired) electrons. The molecule has 0 unspecified atom stereocenters. The number of nitrogens with one attached hydrogen (secondary N) is 1. The van der Waals surface area contributed by atoms with Gasteiger partial charge in [-0.3, -0.25) is 4.79 Å². The number of anilines is 1. The van der Waals surface area contributed by atoms with Gasteiger partial charge in [0, 0.05) is 25.3 Å². The molecule has 0 aliphatic rings. The summed E-state index contributed by atoms with van der Waals surface area (Å²) in [6, 6.07) is 16.1. The van der Waals surface area contributed by atoms with E-state index in [-0.39, 0.29) is 5.91 Å². The van der Waals surface area contributed by atoms with Crippen LogP contribution in [0.3, 0.4) is 0 Å². The van der Waals surface area contributed by atoms with Gasteiger partial charge in [0.15, 0.2) is 6.10 Å². The third kappa shape index (κ3) is 5.25. The van der Waals surface area contributed by atoms with Gasteiger partial charge in [-0.1, -0.05) is 37.3 Å². The molecule has 0 saturated carbocycles. The molecule has 1 atom stereocenters. The topological polar surface area (TPSA) is 41.6 Å². The SMILES string of the molecule is CC[C@@H](Oc1ccccc1C)C(=O)NCc1ccc(N(CC)CC)cc1. The lowest BCUT2D eigenvalue weighted by Gasteiger charge is -2.21. The number of para-hydroxylation sites is 1. The van der Waals surface area contributed by atoms with Crippen LogP contribution < -0.4 is 15.0 Å². The Hall–Kier alpha value is -2.49. The summed E-state index contributed by atoms with van der Waals surface area (Å²) in [5, 5.41) is 2.99. The van der Waals surface area contributed by atoms with Crippen LogP contribution in [0.15, 0.2) is 48.5 Å². The Labute approximate surface area is 157 Å². The van der Waals surface area contributed by atoms with Gasteiger partial charge in [0.05, 0.1) is 0 Å². The molecule has 0 saturated heterocycles. The van der Waals surface area contributed by atoms with Crippen molar-refractivity contribution in [3.8, 4) is 5.75 Å². The Morgan fingerprint density at radius 2 is 1.69 bits per heavy atom. The number of hydrogen-bond acceptors (Lipinski definition) is 3. The molecular formula is C22H30N2O2. The molecule has 0 heterocycles. The maximum absolute atomic E-state index is 12.5. The Morgan fingerprint density at radius 3 is 2.27 bits per heavy atom. The van der Waals surface area contributed by atoms with Gasteiger partial charge in [-0.2, -0.15) is 0 Å². The van der Waals surface area contributed by atoms with Gasteiger partial charge in [-0.05, 0) is 56.5 Å². The number of benzene rings is 2. The second-order valence-corrected chi connectivity index (χ2v) is 6.34. The lowest BCUT2D eigenvalue weighted by Crippen LogP contribution is -2.37. The van der Waals surface area contributed by atoms with Gasteiger partial charge in [0.25, 0.3) is 5.91 Å². The van der Waals surface area contributed by atoms with Gasteiger partial charge < -0.3 is 15.0 Å². The number of nitrogens with zero attached hydrogens (tertiary/aromatic N) is 1. The predicted octanol–water partition coefficient (Wildman–Crippen LogP) is 4.32. The summed E-state index contributed by atoms with van der Waals surface area (Å²) < 4.78 is 5.91. The Kier molecular flexibility index (Phi) is 7.52. The fraction of sp³-hybridized carbons (Fsp3) is 0.409. The van der Waals surface area contributed by atoms with Gasteiger partial charge in [-0.25, -0.2) is 0 Å². The molecule has 140 valence electrons. The zero-order valence-corrected chi connectivity index (χ0v) is 16.3. The van der Waals surface area contributed by atoms with E-state index in [1.165, 1.54) is 5.69 Å². The minimum atomic E-state index is -0.481. The molecule has 4 heteroatoms. The molecular weight excluding hydrogens is 324 g/mol. The molecule has 0 aliphatic carbocycles. The van der Waals surface area contributed by atoms with Crippen LogP contribution in [0.1, 0.15) is 38.3 Å². The molecule has 0 bridgehead atoms. The first-order valence-electron chi connectivity index (χ1n) is 9.42. The van der Waals surface area contributed by atoms with Crippen LogP contribution in [0.2, 0.25) is 0 Å². The van der Waals surface area contributed by atoms with Crippen LogP contribution in [0.4, 0.5) is 5.69 Å². The van der Waals surface area contributed by atoms with Gasteiger partial charge in [0.1, 0.15) is 5.75 Å². The van der Waals surface area contributed by atoms with E-state index in [1.807, 2.05) is 38.1 Å². The summed E-state index contributed by atoms with van der Waals surface area (Å²) >= 11 is 0. The molecule has 26 heavy (non-hydrogen) atoms. The van der Waals surface area contributed by atoms with Crippen molar-refractivity contribution < 1.29 is 9.53 Å². The molecule has 0 aromatic heterocycles. The van der Waals surface area contributed by atoms with Gasteiger partial charge >= 0.3 is 0 Å². The smallest absolute Gasteiger partial charge is 0.261 e. The first-order chi connectivity index (χ1) is 12.6. The van der Waals surface area contributed by atoms with E-state index in [1.54, 1.807) is 0 Å². The third-order valence-corrected chi connectivity index (χ3v) is 4.56. The largest absolute Gasteiger partial charge is 0.480 e. The molecule has 1 N–H and O–H groups in total. The third-order valence-electron chi connectivity index (χ3n) is 4.56. The summed E-state index contributed by atoms with van der Waals surface area (Å²) in [7, 11) is 0. The summed E-state index contributed by atoms with van der Waals surface area (Å²) in [6.45, 7) is 10.7. The van der Waals surface area contributed by atoms with E-state index in [2.05, 4.69) is 48.3 Å². The lowest BCUT2D eigenvalue weighted by molar-refractivity contribution is -0.128. The van der Waals surface area contributed by atoms with Crippen molar-refractivity contribution in [2.45, 2.75) is 46.8 Å². The average molecular weight is 354 g/mol. The highest BCUT2D eigenvalue weighted by Crippen LogP contribution is 2.19. The van der Waals surface area contributed by atoms with Crippen LogP contribution in [0, 0.1) is 6.92 Å². The molecule has 2 rings (SSSR count). The fourth-order valence-corrected chi connectivity index (χ4v) is 2.88. The van der Waals surface area contributed by atoms with E-state index in [4.69, 9.17) is 4.74 Å². The van der Waals surface area contributed by atoms with E-state index in [0.717, 1.165) is 30.0 Å². The normalized spacial score (nSPS) is 11.7. The molecule has 0 aliphatic heterocycles. The van der Waals surface area contributed by atoms with Gasteiger partial charge in [0.2, 0.25) is 0 Å². The minimum Gasteiger partial charge on any atom is -0.480 e. The highest BCUT2D eigenvalue weighted by atomic mass is 16.5. The van der Waals surface area contributed by atoms with Crippen molar-refractivity contribution >= 4 is 11.6 Å². The van der Waals surface area contributed by atoms with Crippen molar-refractivity contribution in [3.63, 3.8) is 0 Å². The van der Waals surface area contributed by atoms with Crippen molar-refractivity contribution in [2.75, 3.05) is 18.0 Å². The average Bonchev–Trinajstić information content (AvgIpc) is 2.67. The van der Waals surface area contributed by atoms with Crippen LogP contribution >= 0.6 is 0 Å². The fourth-order valence-electron chi connectivity index (χ4n) is 2.88. The van der Waals surface area contributed by atoms with Crippen LogP contribution in [0.5, 0.6) is 5.75 Å². The minimum absolute atomic E-state index is 0.0800. The van der Waals surface area contributed by atoms with Crippen LogP contribution in [-0.4, -0.2) is 25.1 Å². The highest BCUT2D eigenvalue weighted by molar-refractivity contribution is 5.81. The second-order valence-electron chi connectivity index (χ2n) is 6.34. The zero-order valence-electron chi connectivity index (χ0n) is 16.3. The second kappa shape index (κ2) is 9.85. The monoisotopic (exact) mass is 354 g/mol. The van der Waals surface area contributed by atoms with E-state index >= 15 is 0 Å². The molecule has 2 aromatic rings. The molecule has 0 spiro atoms. The summed E-state index contributed by atoms with van der Waals surface area (Å²) in [4.78, 5) is 14.8. The van der Waals surface area contributed by atoms with Crippen molar-refractivity contribution in [1.82, 2.24) is 5.32 Å². The maximum atomic E-state index is 12.5. The summed E-state index contributed by atoms with van der Waals surface area (Å²) in [5.74, 6) is 0.682. The van der Waals surface area contributed by atoms with E-state index in [9.17, 15) is 4.79 Å². The Balaban J connectivity index is 1.93. The number of hydrogen-bond donors (Lipinski definition) is 1. The number of rotatable bonds is 9. The quantitative estimate of drug-likeness (QED) is 0.729. The van der Waals surface area contributed by atoms with Gasteiger partial charge in [-0.15, -0.1) is 0 Å². The number of amides is 1. The Bertz CT molecular complexity index is 694. The number of carbonyl (C=O) groups excluding carboxylic acids is 1. The van der Waals surface area contributed by atoms with Crippen LogP contribution in [0.25, 0.3) is 0 Å². The summed E-state index contributed by atoms with van der Waals surface area (Å²) in [6.07, 6.45) is 0.146. The van der Waals surface area contributed by atoms with Crippen molar-refractivity contribution in [2.24, 2.45) is 0 Å². The highest BCUT2D eigenvalue weighted by Gasteiger charge is 2.18. The molecule has 1 amide bonds. The Morgan fingerprint density at radius 1 is 1.04 bits per heavy atom. The first-order valence-corrected chi connectivity index (χ1v) is 9.42. The number of carbonyl (C=O) groups is 1. The zero-order chi connectivity index (χ0) is 18.9. The predicted molar refractivity (Wildman–Crippen MR) is 108 cm³/mol. The number of aryl methyl sites for hydroxylation is 1. The standard InChI is InChI=1S/C22H30N2O2/c1-5-20(26-21-11-9-8-10-17(21)4)22(25)23-16-18-12-14-19(15-13-18)24(6-2)7-3/h8-15,20H,5-7,16H2,1-4H3,(H,23,25)/t20-/m1/s1. The molecule has 0 fully saturated rings. The van der Waals surface area contributed by atoms with Crippen LogP contribution in [-0.2, 0) is 11.3 Å². The molecule has 4 nitrogen and oxygen atoms in total. The van der Waals surface area contributed by atoms with E-state index in [0.29, 0.717) is 13.0 Å². The first kappa shape index (κ1) is 19.8. The van der Waals surface area contributed by atoms with Crippen molar-refractivity contribution in [3.05, 3.63) is 59.7 Å². The number of ether oxygens (including phenoxy) is 1. The summed E-state index contributed by atoms with van der Waals surface area (Å²) in [5.41, 5.74) is 3.32. The maximum Gasteiger partial charge on any atom is 0.261 e. The molecule has 2 aromatic carbocycles. The van der Waals surface area contributed by atoms with E-state index < -0.39 is 6.10 Å². The van der Waals surface area contributed by atoms with Crippen molar-refractivity contribution in [1.29, 1.82) is 0 Å².